The van der Waals surface area contributed by atoms with Gasteiger partial charge in [-0.3, -0.25) is 0 Å². The standard InChI is InChI=1S/C12H15BrN2S/c1-7(8-2-3-8)15-11-5-4-9(12(14)16)6-10(11)13/h4-8,15H,2-3H2,1H3,(H2,14,16). The maximum Gasteiger partial charge on any atom is 0.104 e. The van der Waals surface area contributed by atoms with Crippen LogP contribution in [0.5, 0.6) is 0 Å². The molecule has 86 valence electrons. The van der Waals surface area contributed by atoms with E-state index in [2.05, 4.69) is 28.2 Å². The highest BCUT2D eigenvalue weighted by Crippen LogP contribution is 2.35. The van der Waals surface area contributed by atoms with Crippen LogP contribution in [0.2, 0.25) is 0 Å². The number of hydrogen-bond acceptors (Lipinski definition) is 2. The Morgan fingerprint density at radius 1 is 1.56 bits per heavy atom. The van der Waals surface area contributed by atoms with Crippen LogP contribution in [0.15, 0.2) is 22.7 Å². The molecule has 4 heteroatoms. The van der Waals surface area contributed by atoms with Gasteiger partial charge in [0.1, 0.15) is 4.99 Å². The highest BCUT2D eigenvalue weighted by molar-refractivity contribution is 9.10. The van der Waals surface area contributed by atoms with Gasteiger partial charge < -0.3 is 11.1 Å². The zero-order chi connectivity index (χ0) is 11.7. The molecule has 2 rings (SSSR count). The minimum Gasteiger partial charge on any atom is -0.389 e. The molecule has 1 fully saturated rings. The van der Waals surface area contributed by atoms with E-state index in [-0.39, 0.29) is 0 Å². The third kappa shape index (κ3) is 2.74. The lowest BCUT2D eigenvalue weighted by Crippen LogP contribution is -2.18. The highest BCUT2D eigenvalue weighted by atomic mass is 79.9. The second-order valence-corrected chi connectivity index (χ2v) is 5.62. The van der Waals surface area contributed by atoms with Crippen LogP contribution < -0.4 is 11.1 Å². The van der Waals surface area contributed by atoms with Crippen LogP contribution in [0.1, 0.15) is 25.3 Å². The van der Waals surface area contributed by atoms with Gasteiger partial charge in [-0.2, -0.15) is 0 Å². The summed E-state index contributed by atoms with van der Waals surface area (Å²) in [5, 5.41) is 3.51. The molecule has 0 spiro atoms. The molecule has 1 aromatic carbocycles. The molecule has 3 N–H and O–H groups in total. The van der Waals surface area contributed by atoms with E-state index >= 15 is 0 Å². The molecule has 0 radical (unpaired) electrons. The van der Waals surface area contributed by atoms with Crippen molar-refractivity contribution in [3.63, 3.8) is 0 Å². The Bertz CT molecular complexity index is 415. The minimum absolute atomic E-state index is 0.433. The van der Waals surface area contributed by atoms with Gasteiger partial charge in [-0.25, -0.2) is 0 Å². The molecular weight excluding hydrogens is 284 g/mol. The van der Waals surface area contributed by atoms with Gasteiger partial charge in [-0.1, -0.05) is 12.2 Å². The molecule has 1 unspecified atom stereocenters. The Hall–Kier alpha value is -0.610. The van der Waals surface area contributed by atoms with Crippen molar-refractivity contribution in [1.82, 2.24) is 0 Å². The van der Waals surface area contributed by atoms with E-state index in [0.717, 1.165) is 21.6 Å². The first kappa shape index (κ1) is 11.9. The van der Waals surface area contributed by atoms with Gasteiger partial charge in [-0.15, -0.1) is 0 Å². The van der Waals surface area contributed by atoms with Crippen molar-refractivity contribution in [3.05, 3.63) is 28.2 Å². The lowest BCUT2D eigenvalue weighted by atomic mass is 10.1. The van der Waals surface area contributed by atoms with Crippen molar-refractivity contribution >= 4 is 38.8 Å². The molecule has 0 bridgehead atoms. The third-order valence-electron chi connectivity index (χ3n) is 2.97. The SMILES string of the molecule is CC(Nc1ccc(C(N)=S)cc1Br)C1CC1. The van der Waals surface area contributed by atoms with Gasteiger partial charge in [0.15, 0.2) is 0 Å². The van der Waals surface area contributed by atoms with Crippen LogP contribution in [0.3, 0.4) is 0 Å². The van der Waals surface area contributed by atoms with Gasteiger partial charge in [0.2, 0.25) is 0 Å². The quantitative estimate of drug-likeness (QED) is 0.838. The summed E-state index contributed by atoms with van der Waals surface area (Å²) in [4.78, 5) is 0.433. The first-order chi connectivity index (χ1) is 7.58. The fraction of sp³-hybridized carbons (Fsp3) is 0.417. The summed E-state index contributed by atoms with van der Waals surface area (Å²) in [6.45, 7) is 2.23. The van der Waals surface area contributed by atoms with Crippen molar-refractivity contribution in [2.45, 2.75) is 25.8 Å². The first-order valence-electron chi connectivity index (χ1n) is 5.44. The predicted octanol–water partition coefficient (Wildman–Crippen LogP) is 3.29. The third-order valence-corrected chi connectivity index (χ3v) is 3.86. The summed E-state index contributed by atoms with van der Waals surface area (Å²) < 4.78 is 1.02. The Balaban J connectivity index is 2.12. The normalized spacial score (nSPS) is 16.9. The number of thiocarbonyl (C=S) groups is 1. The van der Waals surface area contributed by atoms with Crippen LogP contribution in [0, 0.1) is 5.92 Å². The Morgan fingerprint density at radius 2 is 2.25 bits per heavy atom. The van der Waals surface area contributed by atoms with E-state index in [1.54, 1.807) is 0 Å². The second kappa shape index (κ2) is 4.72. The van der Waals surface area contributed by atoms with Crippen LogP contribution in [0.25, 0.3) is 0 Å². The van der Waals surface area contributed by atoms with Crippen molar-refractivity contribution < 1.29 is 0 Å². The molecule has 0 amide bonds. The molecule has 1 aliphatic carbocycles. The Labute approximate surface area is 110 Å². The number of anilines is 1. The minimum atomic E-state index is 0.433. The summed E-state index contributed by atoms with van der Waals surface area (Å²) in [6.07, 6.45) is 2.69. The number of halogens is 1. The molecule has 0 heterocycles. The van der Waals surface area contributed by atoms with Crippen molar-refractivity contribution in [3.8, 4) is 0 Å². The van der Waals surface area contributed by atoms with E-state index in [4.69, 9.17) is 18.0 Å². The van der Waals surface area contributed by atoms with Crippen molar-refractivity contribution in [2.75, 3.05) is 5.32 Å². The molecule has 1 aliphatic rings. The van der Waals surface area contributed by atoms with E-state index < -0.39 is 0 Å². The number of nitrogens with one attached hydrogen (secondary N) is 1. The lowest BCUT2D eigenvalue weighted by molar-refractivity contribution is 0.694. The number of nitrogens with two attached hydrogens (primary N) is 1. The zero-order valence-electron chi connectivity index (χ0n) is 9.16. The fourth-order valence-corrected chi connectivity index (χ4v) is 2.37. The second-order valence-electron chi connectivity index (χ2n) is 4.33. The average Bonchev–Trinajstić information content (AvgIpc) is 3.03. The first-order valence-corrected chi connectivity index (χ1v) is 6.64. The van der Waals surface area contributed by atoms with Gasteiger partial charge in [0, 0.05) is 21.8 Å². The molecule has 1 atom stereocenters. The van der Waals surface area contributed by atoms with E-state index in [0.29, 0.717) is 11.0 Å². The topological polar surface area (TPSA) is 38.0 Å². The van der Waals surface area contributed by atoms with Gasteiger partial charge in [0.25, 0.3) is 0 Å². The Kier molecular flexibility index (Phi) is 3.50. The highest BCUT2D eigenvalue weighted by Gasteiger charge is 2.27. The van der Waals surface area contributed by atoms with Crippen LogP contribution in [-0.4, -0.2) is 11.0 Å². The predicted molar refractivity (Wildman–Crippen MR) is 75.8 cm³/mol. The molecule has 16 heavy (non-hydrogen) atoms. The average molecular weight is 299 g/mol. The number of hydrogen-bond donors (Lipinski definition) is 2. The molecule has 1 aromatic rings. The van der Waals surface area contributed by atoms with Crippen LogP contribution in [-0.2, 0) is 0 Å². The van der Waals surface area contributed by atoms with Gasteiger partial charge in [0.05, 0.1) is 0 Å². The molecular formula is C12H15BrN2S. The number of rotatable bonds is 4. The summed E-state index contributed by atoms with van der Waals surface area (Å²) in [5.74, 6) is 0.835. The maximum absolute atomic E-state index is 5.58. The summed E-state index contributed by atoms with van der Waals surface area (Å²) in [7, 11) is 0. The van der Waals surface area contributed by atoms with Crippen LogP contribution >= 0.6 is 28.1 Å². The van der Waals surface area contributed by atoms with Gasteiger partial charge in [-0.05, 0) is 59.8 Å². The molecule has 0 aliphatic heterocycles. The fourth-order valence-electron chi connectivity index (χ4n) is 1.74. The van der Waals surface area contributed by atoms with Crippen molar-refractivity contribution in [2.24, 2.45) is 11.7 Å². The summed E-state index contributed by atoms with van der Waals surface area (Å²) in [5.41, 5.74) is 7.59. The molecule has 1 saturated carbocycles. The number of benzene rings is 1. The van der Waals surface area contributed by atoms with E-state index in [1.807, 2.05) is 18.2 Å². The lowest BCUT2D eigenvalue weighted by Gasteiger charge is -2.16. The summed E-state index contributed by atoms with van der Waals surface area (Å²) in [6, 6.07) is 6.48. The molecule has 2 nitrogen and oxygen atoms in total. The molecule has 0 saturated heterocycles. The molecule has 0 aromatic heterocycles. The smallest absolute Gasteiger partial charge is 0.104 e. The largest absolute Gasteiger partial charge is 0.389 e. The van der Waals surface area contributed by atoms with Gasteiger partial charge >= 0.3 is 0 Å². The van der Waals surface area contributed by atoms with E-state index in [9.17, 15) is 0 Å². The maximum atomic E-state index is 5.58. The monoisotopic (exact) mass is 298 g/mol. The van der Waals surface area contributed by atoms with Crippen molar-refractivity contribution in [1.29, 1.82) is 0 Å². The summed E-state index contributed by atoms with van der Waals surface area (Å²) >= 11 is 8.48. The Morgan fingerprint density at radius 3 is 2.75 bits per heavy atom. The van der Waals surface area contributed by atoms with E-state index in [1.165, 1.54) is 12.8 Å². The van der Waals surface area contributed by atoms with Crippen LogP contribution in [0.4, 0.5) is 5.69 Å². The zero-order valence-corrected chi connectivity index (χ0v) is 11.6.